The Morgan fingerprint density at radius 3 is 2.67 bits per heavy atom. The van der Waals surface area contributed by atoms with Gasteiger partial charge in [0.05, 0.1) is 23.0 Å². The van der Waals surface area contributed by atoms with Gasteiger partial charge in [0.15, 0.2) is 5.13 Å². The number of ether oxygens (including phenoxy) is 1. The van der Waals surface area contributed by atoms with E-state index in [0.717, 1.165) is 54.5 Å². The number of benzene rings is 2. The highest BCUT2D eigenvalue weighted by Gasteiger charge is 2.23. The summed E-state index contributed by atoms with van der Waals surface area (Å²) in [6.07, 6.45) is 0.971. The fourth-order valence-corrected chi connectivity index (χ4v) is 5.83. The number of anilines is 1. The lowest BCUT2D eigenvalue weighted by molar-refractivity contribution is 0.271. The first kappa shape index (κ1) is 21.9. The number of aromatic nitrogens is 1. The molecule has 4 aromatic rings. The molecule has 7 heteroatoms. The van der Waals surface area contributed by atoms with Crippen molar-refractivity contribution in [3.8, 4) is 0 Å². The topological polar surface area (TPSA) is 41.0 Å². The third kappa shape index (κ3) is 4.89. The van der Waals surface area contributed by atoms with Crippen molar-refractivity contribution in [2.24, 2.45) is 4.99 Å². The molecule has 0 atom stereocenters. The molecule has 1 fully saturated rings. The first-order chi connectivity index (χ1) is 16.1. The van der Waals surface area contributed by atoms with Gasteiger partial charge in [-0.3, -0.25) is 0 Å². The summed E-state index contributed by atoms with van der Waals surface area (Å²) in [5, 5.41) is 3.24. The SMILES string of the molecule is CO/C(=N\c1cc(C)ccc1C)N1CCN(c2nc3cc(Cc4cccs4)ccc3s2)CC1. The second kappa shape index (κ2) is 9.53. The van der Waals surface area contributed by atoms with Crippen molar-refractivity contribution in [2.45, 2.75) is 20.3 Å². The minimum absolute atomic E-state index is 0.686. The number of piperazine rings is 1. The largest absolute Gasteiger partial charge is 0.468 e. The van der Waals surface area contributed by atoms with Crippen molar-refractivity contribution in [3.05, 3.63) is 75.5 Å². The van der Waals surface area contributed by atoms with Gasteiger partial charge < -0.3 is 14.5 Å². The Balaban J connectivity index is 1.28. The Morgan fingerprint density at radius 2 is 1.91 bits per heavy atom. The minimum Gasteiger partial charge on any atom is -0.468 e. The molecule has 1 aliphatic heterocycles. The highest BCUT2D eigenvalue weighted by Crippen LogP contribution is 2.31. The van der Waals surface area contributed by atoms with Gasteiger partial charge in [-0.25, -0.2) is 4.98 Å². The van der Waals surface area contributed by atoms with E-state index in [1.807, 2.05) is 0 Å². The summed E-state index contributed by atoms with van der Waals surface area (Å²) >= 11 is 3.59. The van der Waals surface area contributed by atoms with Crippen molar-refractivity contribution in [1.82, 2.24) is 9.88 Å². The fraction of sp³-hybridized carbons (Fsp3) is 0.308. The van der Waals surface area contributed by atoms with Gasteiger partial charge in [-0.05, 0) is 60.2 Å². The Morgan fingerprint density at radius 1 is 1.06 bits per heavy atom. The molecule has 0 amide bonds. The van der Waals surface area contributed by atoms with Gasteiger partial charge in [0.25, 0.3) is 6.02 Å². The second-order valence-electron chi connectivity index (χ2n) is 8.42. The van der Waals surface area contributed by atoms with E-state index in [0.29, 0.717) is 6.02 Å². The molecule has 3 heterocycles. The summed E-state index contributed by atoms with van der Waals surface area (Å²) in [6, 6.07) is 18.0. The van der Waals surface area contributed by atoms with Gasteiger partial charge in [0.2, 0.25) is 0 Å². The normalized spacial score (nSPS) is 14.8. The van der Waals surface area contributed by atoms with Crippen LogP contribution in [0, 0.1) is 13.8 Å². The molecule has 0 unspecified atom stereocenters. The third-order valence-corrected chi connectivity index (χ3v) is 7.96. The van der Waals surface area contributed by atoms with Crippen LogP contribution in [0.4, 0.5) is 10.8 Å². The molecule has 5 nitrogen and oxygen atoms in total. The van der Waals surface area contributed by atoms with Crippen LogP contribution < -0.4 is 4.90 Å². The van der Waals surface area contributed by atoms with Gasteiger partial charge in [0.1, 0.15) is 0 Å². The van der Waals surface area contributed by atoms with Crippen molar-refractivity contribution in [3.63, 3.8) is 0 Å². The van der Waals surface area contributed by atoms with E-state index in [2.05, 4.69) is 77.6 Å². The van der Waals surface area contributed by atoms with E-state index in [1.165, 1.54) is 20.7 Å². The number of nitrogens with zero attached hydrogens (tertiary/aromatic N) is 4. The number of thiazole rings is 1. The van der Waals surface area contributed by atoms with E-state index in [9.17, 15) is 0 Å². The number of thiophene rings is 1. The summed E-state index contributed by atoms with van der Waals surface area (Å²) in [5.74, 6) is 0. The Labute approximate surface area is 203 Å². The second-order valence-corrected chi connectivity index (χ2v) is 10.5. The summed E-state index contributed by atoms with van der Waals surface area (Å²) in [7, 11) is 1.71. The first-order valence-electron chi connectivity index (χ1n) is 11.2. The summed E-state index contributed by atoms with van der Waals surface area (Å²) in [5.41, 5.74) is 5.74. The first-order valence-corrected chi connectivity index (χ1v) is 12.9. The van der Waals surface area contributed by atoms with Crippen molar-refractivity contribution >= 4 is 49.7 Å². The monoisotopic (exact) mass is 476 g/mol. The maximum atomic E-state index is 5.68. The van der Waals surface area contributed by atoms with Crippen LogP contribution in [0.2, 0.25) is 0 Å². The van der Waals surface area contributed by atoms with Crippen LogP contribution in [0.3, 0.4) is 0 Å². The van der Waals surface area contributed by atoms with E-state index in [4.69, 9.17) is 14.7 Å². The smallest absolute Gasteiger partial charge is 0.292 e. The molecule has 0 radical (unpaired) electrons. The molecular weight excluding hydrogens is 448 g/mol. The number of amidine groups is 1. The van der Waals surface area contributed by atoms with Gasteiger partial charge in [-0.2, -0.15) is 4.99 Å². The van der Waals surface area contributed by atoms with Gasteiger partial charge in [-0.15, -0.1) is 11.3 Å². The number of methoxy groups -OCH3 is 1. The lowest BCUT2D eigenvalue weighted by Crippen LogP contribution is -2.49. The molecule has 170 valence electrons. The van der Waals surface area contributed by atoms with Crippen molar-refractivity contribution in [2.75, 3.05) is 38.2 Å². The lowest BCUT2D eigenvalue weighted by atomic mass is 10.1. The Kier molecular flexibility index (Phi) is 6.33. The molecule has 5 rings (SSSR count). The predicted octanol–water partition coefficient (Wildman–Crippen LogP) is 6.02. The third-order valence-electron chi connectivity index (χ3n) is 5.98. The maximum absolute atomic E-state index is 5.68. The summed E-state index contributed by atoms with van der Waals surface area (Å²) in [6.45, 7) is 7.69. The zero-order chi connectivity index (χ0) is 22.8. The molecule has 0 saturated carbocycles. The predicted molar refractivity (Wildman–Crippen MR) is 141 cm³/mol. The molecule has 1 saturated heterocycles. The summed E-state index contributed by atoms with van der Waals surface area (Å²) < 4.78 is 6.93. The molecular formula is C26H28N4OS2. The molecule has 0 N–H and O–H groups in total. The minimum atomic E-state index is 0.686. The van der Waals surface area contributed by atoms with Gasteiger partial charge in [0, 0.05) is 37.5 Å². The number of aryl methyl sites for hydroxylation is 2. The molecule has 0 bridgehead atoms. The Hall–Kier alpha value is -2.90. The van der Waals surface area contributed by atoms with Crippen LogP contribution in [0.1, 0.15) is 21.6 Å². The number of rotatable bonds is 4. The van der Waals surface area contributed by atoms with E-state index >= 15 is 0 Å². The average Bonchev–Trinajstić information content (AvgIpc) is 3.49. The van der Waals surface area contributed by atoms with Crippen LogP contribution in [-0.2, 0) is 11.2 Å². The summed E-state index contributed by atoms with van der Waals surface area (Å²) in [4.78, 5) is 15.8. The number of fused-ring (bicyclic) bond motifs is 1. The average molecular weight is 477 g/mol. The maximum Gasteiger partial charge on any atom is 0.292 e. The van der Waals surface area contributed by atoms with Crippen molar-refractivity contribution < 1.29 is 4.74 Å². The van der Waals surface area contributed by atoms with E-state index < -0.39 is 0 Å². The lowest BCUT2D eigenvalue weighted by Gasteiger charge is -2.35. The number of hydrogen-bond acceptors (Lipinski definition) is 6. The van der Waals surface area contributed by atoms with Crippen LogP contribution in [0.25, 0.3) is 10.2 Å². The highest BCUT2D eigenvalue weighted by atomic mass is 32.1. The van der Waals surface area contributed by atoms with Crippen LogP contribution in [0.15, 0.2) is 58.9 Å². The molecule has 2 aromatic carbocycles. The molecule has 2 aromatic heterocycles. The quantitative estimate of drug-likeness (QED) is 0.267. The molecule has 1 aliphatic rings. The fourth-order valence-electron chi connectivity index (χ4n) is 4.10. The van der Waals surface area contributed by atoms with Crippen LogP contribution in [0.5, 0.6) is 0 Å². The van der Waals surface area contributed by atoms with E-state index in [-0.39, 0.29) is 0 Å². The number of hydrogen-bond donors (Lipinski definition) is 0. The molecule has 0 spiro atoms. The zero-order valence-electron chi connectivity index (χ0n) is 19.2. The number of aliphatic imine (C=N–C) groups is 1. The van der Waals surface area contributed by atoms with Crippen LogP contribution >= 0.6 is 22.7 Å². The highest BCUT2D eigenvalue weighted by molar-refractivity contribution is 7.22. The van der Waals surface area contributed by atoms with Crippen molar-refractivity contribution in [1.29, 1.82) is 0 Å². The molecule has 33 heavy (non-hydrogen) atoms. The zero-order valence-corrected chi connectivity index (χ0v) is 20.9. The molecule has 0 aliphatic carbocycles. The van der Waals surface area contributed by atoms with Crippen LogP contribution in [-0.4, -0.2) is 49.2 Å². The van der Waals surface area contributed by atoms with E-state index in [1.54, 1.807) is 29.8 Å². The van der Waals surface area contributed by atoms with Gasteiger partial charge >= 0.3 is 0 Å². The van der Waals surface area contributed by atoms with Gasteiger partial charge in [-0.1, -0.05) is 35.6 Å². The Bertz CT molecular complexity index is 1270. The standard InChI is InChI=1S/C26H28N4OS2/c1-18-6-7-19(2)22(15-18)27-25(31-3)29-10-12-30(13-11-29)26-28-23-17-20(8-9-24(23)33-26)16-21-5-4-14-32-21/h4-9,14-15,17H,10-13,16H2,1-3H3/b27-25-.